The van der Waals surface area contributed by atoms with Gasteiger partial charge in [-0.1, -0.05) is 15.9 Å². The third kappa shape index (κ3) is 3.95. The highest BCUT2D eigenvalue weighted by Gasteiger charge is 1.57. The van der Waals surface area contributed by atoms with Crippen molar-refractivity contribution < 1.29 is 5.21 Å². The molecule has 0 aliphatic carbocycles. The van der Waals surface area contributed by atoms with Crippen LogP contribution in [-0.2, 0) is 0 Å². The average molecular weight is 138 g/mol. The van der Waals surface area contributed by atoms with Gasteiger partial charge in [-0.25, -0.2) is 0 Å². The van der Waals surface area contributed by atoms with Crippen LogP contribution >= 0.6 is 15.9 Å². The van der Waals surface area contributed by atoms with E-state index in [0.717, 1.165) is 0 Å². The SMILES string of the molecule is O/N=C/CBr. The molecule has 0 atom stereocenters. The third-order valence-electron chi connectivity index (χ3n) is 0.151. The highest BCUT2D eigenvalue weighted by Crippen LogP contribution is 1.68. The fourth-order valence-corrected chi connectivity index (χ4v) is 0.160. The lowest BCUT2D eigenvalue weighted by molar-refractivity contribution is 0.321. The molecule has 2 nitrogen and oxygen atoms in total. The molecular weight excluding hydrogens is 134 g/mol. The number of rotatable bonds is 1. The van der Waals surface area contributed by atoms with E-state index in [0.29, 0.717) is 5.33 Å². The van der Waals surface area contributed by atoms with Crippen molar-refractivity contribution in [2.24, 2.45) is 5.16 Å². The standard InChI is InChI=1S/C2H4BrNO/c3-1-2-4-5/h2,5H,1H2/b4-2+. The number of nitrogens with zero attached hydrogens (tertiary/aromatic N) is 1. The van der Waals surface area contributed by atoms with E-state index in [4.69, 9.17) is 5.21 Å². The Balaban J connectivity index is 2.62. The zero-order valence-corrected chi connectivity index (χ0v) is 4.14. The van der Waals surface area contributed by atoms with Crippen molar-refractivity contribution in [2.45, 2.75) is 0 Å². The summed E-state index contributed by atoms with van der Waals surface area (Å²) in [5.41, 5.74) is 0. The van der Waals surface area contributed by atoms with Crippen molar-refractivity contribution in [3.63, 3.8) is 0 Å². The summed E-state index contributed by atoms with van der Waals surface area (Å²) in [7, 11) is 0. The Morgan fingerprint density at radius 2 is 2.60 bits per heavy atom. The molecule has 0 bridgehead atoms. The molecule has 0 aliphatic heterocycles. The summed E-state index contributed by atoms with van der Waals surface area (Å²) in [5.74, 6) is 0. The van der Waals surface area contributed by atoms with Gasteiger partial charge >= 0.3 is 0 Å². The molecule has 30 valence electrons. The van der Waals surface area contributed by atoms with Gasteiger partial charge in [-0.3, -0.25) is 0 Å². The summed E-state index contributed by atoms with van der Waals surface area (Å²) in [6.45, 7) is 0. The topological polar surface area (TPSA) is 32.6 Å². The van der Waals surface area contributed by atoms with Gasteiger partial charge in [0.15, 0.2) is 0 Å². The normalized spacial score (nSPS) is 9.80. The largest absolute Gasteiger partial charge is 0.411 e. The maximum absolute atomic E-state index is 7.61. The first-order valence-electron chi connectivity index (χ1n) is 1.13. The molecular formula is C2H4BrNO. The minimum atomic E-state index is 0.615. The molecule has 3 heteroatoms. The van der Waals surface area contributed by atoms with Crippen molar-refractivity contribution in [1.82, 2.24) is 0 Å². The quantitative estimate of drug-likeness (QED) is 0.247. The maximum Gasteiger partial charge on any atom is 0.0541 e. The maximum atomic E-state index is 7.61. The van der Waals surface area contributed by atoms with Crippen molar-refractivity contribution >= 4 is 22.1 Å². The molecule has 0 amide bonds. The van der Waals surface area contributed by atoms with Gasteiger partial charge in [0, 0.05) is 5.33 Å². The van der Waals surface area contributed by atoms with E-state index in [-0.39, 0.29) is 0 Å². The van der Waals surface area contributed by atoms with Crippen LogP contribution in [0.1, 0.15) is 0 Å². The smallest absolute Gasteiger partial charge is 0.0541 e. The monoisotopic (exact) mass is 137 g/mol. The van der Waals surface area contributed by atoms with Crippen LogP contribution in [0.2, 0.25) is 0 Å². The second kappa shape index (κ2) is 3.95. The predicted molar refractivity (Wildman–Crippen MR) is 24.1 cm³/mol. The number of halogens is 1. The van der Waals surface area contributed by atoms with Gasteiger partial charge in [0.2, 0.25) is 0 Å². The molecule has 0 aromatic rings. The number of hydrogen-bond acceptors (Lipinski definition) is 2. The average Bonchev–Trinajstić information content (AvgIpc) is 1.41. The fraction of sp³-hybridized carbons (Fsp3) is 0.500. The Morgan fingerprint density at radius 3 is 2.60 bits per heavy atom. The van der Waals surface area contributed by atoms with E-state index < -0.39 is 0 Å². The summed E-state index contributed by atoms with van der Waals surface area (Å²) >= 11 is 3.00. The van der Waals surface area contributed by atoms with E-state index in [1.54, 1.807) is 0 Å². The lowest BCUT2D eigenvalue weighted by Gasteiger charge is -1.63. The Bertz CT molecular complexity index is 36.6. The molecule has 0 radical (unpaired) electrons. The Kier molecular flexibility index (Phi) is 3.91. The molecule has 0 saturated heterocycles. The summed E-state index contributed by atoms with van der Waals surface area (Å²) in [6.07, 6.45) is 1.35. The van der Waals surface area contributed by atoms with Crippen LogP contribution in [0.25, 0.3) is 0 Å². The zero-order chi connectivity index (χ0) is 4.12. The number of oxime groups is 1. The molecule has 0 heterocycles. The van der Waals surface area contributed by atoms with Gasteiger partial charge in [0.25, 0.3) is 0 Å². The van der Waals surface area contributed by atoms with Crippen molar-refractivity contribution in [1.29, 1.82) is 0 Å². The van der Waals surface area contributed by atoms with E-state index in [9.17, 15) is 0 Å². The van der Waals surface area contributed by atoms with E-state index in [1.807, 2.05) is 0 Å². The van der Waals surface area contributed by atoms with Gasteiger partial charge in [-0.05, 0) is 0 Å². The third-order valence-corrected chi connectivity index (χ3v) is 0.440. The first kappa shape index (κ1) is 4.95. The van der Waals surface area contributed by atoms with Crippen molar-refractivity contribution in [3.8, 4) is 0 Å². The molecule has 0 aromatic heterocycles. The molecule has 0 aliphatic rings. The van der Waals surface area contributed by atoms with Crippen molar-refractivity contribution in [2.75, 3.05) is 5.33 Å². The van der Waals surface area contributed by atoms with Gasteiger partial charge < -0.3 is 5.21 Å². The van der Waals surface area contributed by atoms with Crippen LogP contribution in [0.15, 0.2) is 5.16 Å². The van der Waals surface area contributed by atoms with Crippen LogP contribution < -0.4 is 0 Å². The molecule has 5 heavy (non-hydrogen) atoms. The van der Waals surface area contributed by atoms with Gasteiger partial charge in [0.05, 0.1) is 6.21 Å². The number of alkyl halides is 1. The fourth-order valence-electron chi connectivity index (χ4n) is 0.0309. The van der Waals surface area contributed by atoms with Gasteiger partial charge in [-0.15, -0.1) is 5.16 Å². The molecule has 0 unspecified atom stereocenters. The lowest BCUT2D eigenvalue weighted by atomic mass is 10.9. The lowest BCUT2D eigenvalue weighted by Crippen LogP contribution is -1.66. The second-order valence-corrected chi connectivity index (χ2v) is 1.10. The molecule has 0 spiro atoms. The Morgan fingerprint density at radius 1 is 2.00 bits per heavy atom. The Labute approximate surface area is 38.6 Å². The summed E-state index contributed by atoms with van der Waals surface area (Å²) in [6, 6.07) is 0. The van der Waals surface area contributed by atoms with E-state index >= 15 is 0 Å². The van der Waals surface area contributed by atoms with E-state index in [2.05, 4.69) is 21.1 Å². The summed E-state index contributed by atoms with van der Waals surface area (Å²) in [5, 5.41) is 10.9. The highest BCUT2D eigenvalue weighted by atomic mass is 79.9. The summed E-state index contributed by atoms with van der Waals surface area (Å²) < 4.78 is 0. The number of hydrogen-bond donors (Lipinski definition) is 1. The van der Waals surface area contributed by atoms with Gasteiger partial charge in [-0.2, -0.15) is 0 Å². The minimum Gasteiger partial charge on any atom is -0.411 e. The zero-order valence-electron chi connectivity index (χ0n) is 2.56. The van der Waals surface area contributed by atoms with Crippen LogP contribution in [-0.4, -0.2) is 16.8 Å². The van der Waals surface area contributed by atoms with Crippen LogP contribution in [0.3, 0.4) is 0 Å². The second-order valence-electron chi connectivity index (χ2n) is 0.452. The molecule has 0 rings (SSSR count). The Hall–Kier alpha value is -0.0500. The molecule has 0 saturated carbocycles. The summed E-state index contributed by atoms with van der Waals surface area (Å²) in [4.78, 5) is 0. The molecule has 0 aromatic carbocycles. The first-order chi connectivity index (χ1) is 2.41. The van der Waals surface area contributed by atoms with Crippen LogP contribution in [0.5, 0.6) is 0 Å². The van der Waals surface area contributed by atoms with Crippen LogP contribution in [0.4, 0.5) is 0 Å². The van der Waals surface area contributed by atoms with Gasteiger partial charge in [0.1, 0.15) is 0 Å². The predicted octanol–water partition coefficient (Wildman–Crippen LogP) is 0.841. The molecule has 1 N–H and O–H groups in total. The minimum absolute atomic E-state index is 0.615. The highest BCUT2D eigenvalue weighted by molar-refractivity contribution is 9.09. The first-order valence-corrected chi connectivity index (χ1v) is 2.26. The molecule has 0 fully saturated rings. The van der Waals surface area contributed by atoms with Crippen LogP contribution in [0, 0.1) is 0 Å². The van der Waals surface area contributed by atoms with Crippen molar-refractivity contribution in [3.05, 3.63) is 0 Å². The van der Waals surface area contributed by atoms with E-state index in [1.165, 1.54) is 6.21 Å².